The van der Waals surface area contributed by atoms with E-state index in [1.807, 2.05) is 4.90 Å². The van der Waals surface area contributed by atoms with Crippen LogP contribution in [0.25, 0.3) is 0 Å². The second kappa shape index (κ2) is 6.93. The van der Waals surface area contributed by atoms with Crippen LogP contribution in [0.5, 0.6) is 0 Å². The van der Waals surface area contributed by atoms with Crippen molar-refractivity contribution in [3.05, 3.63) is 16.9 Å². The monoisotopic (exact) mass is 352 g/mol. The van der Waals surface area contributed by atoms with Gasteiger partial charge in [-0.2, -0.15) is 0 Å². The summed E-state index contributed by atoms with van der Waals surface area (Å²) < 4.78 is 0. The van der Waals surface area contributed by atoms with Crippen LogP contribution in [-0.4, -0.2) is 57.5 Å². The molecule has 3 rings (SSSR count). The number of hydrogen-bond acceptors (Lipinski definition) is 5. The van der Waals surface area contributed by atoms with Crippen LogP contribution in [0.1, 0.15) is 43.1 Å². The largest absolute Gasteiger partial charge is 0.481 e. The van der Waals surface area contributed by atoms with Crippen LogP contribution in [0.4, 0.5) is 5.95 Å². The van der Waals surface area contributed by atoms with Crippen LogP contribution in [0.3, 0.4) is 0 Å². The van der Waals surface area contributed by atoms with E-state index in [-0.39, 0.29) is 29.2 Å². The molecule has 1 aliphatic carbocycles. The van der Waals surface area contributed by atoms with E-state index in [2.05, 4.69) is 9.97 Å². The highest BCUT2D eigenvalue weighted by Crippen LogP contribution is 2.30. The maximum atomic E-state index is 12.9. The molecule has 2 fully saturated rings. The number of nitrogens with zero attached hydrogens (tertiary/aromatic N) is 4. The first-order valence-corrected chi connectivity index (χ1v) is 8.66. The molecule has 2 aliphatic rings. The second-order valence-corrected chi connectivity index (χ2v) is 6.90. The lowest BCUT2D eigenvalue weighted by Gasteiger charge is -2.25. The molecule has 1 saturated carbocycles. The van der Waals surface area contributed by atoms with Crippen molar-refractivity contribution in [1.82, 2.24) is 14.9 Å². The Balaban J connectivity index is 1.83. The Morgan fingerprint density at radius 2 is 2.08 bits per heavy atom. The van der Waals surface area contributed by atoms with E-state index in [1.54, 1.807) is 11.8 Å². The quantitative estimate of drug-likeness (QED) is 0.843. The standard InChI is InChI=1S/C16H21ClN4O3/c1-10(15(23)24)9-21(11-4-5-11)14(22)13-12(17)8-18-16(19-13)20-6-2-3-7-20/h8,10-11H,2-7,9H2,1H3,(H,23,24)/t10-/m0/s1. The lowest BCUT2D eigenvalue weighted by atomic mass is 10.1. The fourth-order valence-electron chi connectivity index (χ4n) is 2.87. The number of aliphatic carboxylic acids is 1. The minimum Gasteiger partial charge on any atom is -0.481 e. The molecule has 1 aromatic heterocycles. The van der Waals surface area contributed by atoms with Crippen LogP contribution < -0.4 is 4.90 Å². The van der Waals surface area contributed by atoms with Gasteiger partial charge in [0.2, 0.25) is 5.95 Å². The molecule has 1 saturated heterocycles. The summed E-state index contributed by atoms with van der Waals surface area (Å²) in [5.41, 5.74) is 0.165. The Labute approximate surface area is 145 Å². The van der Waals surface area contributed by atoms with E-state index < -0.39 is 11.9 Å². The van der Waals surface area contributed by atoms with Crippen molar-refractivity contribution < 1.29 is 14.7 Å². The van der Waals surface area contributed by atoms with E-state index in [9.17, 15) is 9.59 Å². The molecule has 0 radical (unpaired) electrons. The molecule has 7 nitrogen and oxygen atoms in total. The van der Waals surface area contributed by atoms with Crippen LogP contribution in [0.15, 0.2) is 6.20 Å². The number of amides is 1. The number of carbonyl (C=O) groups excluding carboxylic acids is 1. The third-order valence-electron chi connectivity index (χ3n) is 4.46. The van der Waals surface area contributed by atoms with E-state index in [0.29, 0.717) is 5.95 Å². The Morgan fingerprint density at radius 3 is 2.67 bits per heavy atom. The summed E-state index contributed by atoms with van der Waals surface area (Å²) in [5, 5.41) is 9.34. The summed E-state index contributed by atoms with van der Waals surface area (Å²) >= 11 is 6.16. The maximum absolute atomic E-state index is 12.9. The average molecular weight is 353 g/mol. The summed E-state index contributed by atoms with van der Waals surface area (Å²) in [6, 6.07) is 0.0839. The lowest BCUT2D eigenvalue weighted by molar-refractivity contribution is -0.141. The van der Waals surface area contributed by atoms with Crippen molar-refractivity contribution in [2.24, 2.45) is 5.92 Å². The van der Waals surface area contributed by atoms with Crippen molar-refractivity contribution >= 4 is 29.4 Å². The highest BCUT2D eigenvalue weighted by molar-refractivity contribution is 6.33. The van der Waals surface area contributed by atoms with Crippen molar-refractivity contribution in [3.8, 4) is 0 Å². The highest BCUT2D eigenvalue weighted by atomic mass is 35.5. The van der Waals surface area contributed by atoms with Gasteiger partial charge < -0.3 is 14.9 Å². The summed E-state index contributed by atoms with van der Waals surface area (Å²) in [6.45, 7) is 3.51. The molecule has 24 heavy (non-hydrogen) atoms. The lowest BCUT2D eigenvalue weighted by Crippen LogP contribution is -2.39. The van der Waals surface area contributed by atoms with E-state index in [1.165, 1.54) is 6.20 Å². The fourth-order valence-corrected chi connectivity index (χ4v) is 3.04. The summed E-state index contributed by atoms with van der Waals surface area (Å²) in [6.07, 6.45) is 5.40. The smallest absolute Gasteiger partial charge is 0.308 e. The van der Waals surface area contributed by atoms with Crippen LogP contribution in [-0.2, 0) is 4.79 Å². The molecule has 1 atom stereocenters. The van der Waals surface area contributed by atoms with Gasteiger partial charge in [-0.1, -0.05) is 18.5 Å². The predicted octanol–water partition coefficient (Wildman–Crippen LogP) is 2.06. The zero-order valence-corrected chi connectivity index (χ0v) is 14.4. The van der Waals surface area contributed by atoms with Gasteiger partial charge in [0.25, 0.3) is 5.91 Å². The minimum atomic E-state index is -0.917. The molecule has 2 heterocycles. The number of aromatic nitrogens is 2. The first kappa shape index (κ1) is 17.0. The van der Waals surface area contributed by atoms with Crippen LogP contribution >= 0.6 is 11.6 Å². The number of carboxylic acids is 1. The number of carbonyl (C=O) groups is 2. The van der Waals surface area contributed by atoms with E-state index >= 15 is 0 Å². The van der Waals surface area contributed by atoms with E-state index in [0.717, 1.165) is 38.8 Å². The number of carboxylic acid groups (broad SMARTS) is 1. The van der Waals surface area contributed by atoms with Gasteiger partial charge in [0.1, 0.15) is 0 Å². The topological polar surface area (TPSA) is 86.6 Å². The molecule has 1 aromatic rings. The minimum absolute atomic E-state index is 0.0839. The molecular formula is C16H21ClN4O3. The normalized spacial score (nSPS) is 18.5. The van der Waals surface area contributed by atoms with Gasteiger partial charge in [0.05, 0.1) is 17.1 Å². The zero-order valence-electron chi connectivity index (χ0n) is 13.6. The molecular weight excluding hydrogens is 332 g/mol. The van der Waals surface area contributed by atoms with E-state index in [4.69, 9.17) is 16.7 Å². The SMILES string of the molecule is C[C@@H](CN(C(=O)c1nc(N2CCCC2)ncc1Cl)C1CC1)C(=O)O. The van der Waals surface area contributed by atoms with Crippen molar-refractivity contribution in [3.63, 3.8) is 0 Å². The summed E-state index contributed by atoms with van der Waals surface area (Å²) in [4.78, 5) is 36.3. The highest BCUT2D eigenvalue weighted by Gasteiger charge is 2.36. The molecule has 0 aromatic carbocycles. The van der Waals surface area contributed by atoms with Gasteiger partial charge in [0, 0.05) is 25.7 Å². The van der Waals surface area contributed by atoms with Gasteiger partial charge in [-0.3, -0.25) is 9.59 Å². The van der Waals surface area contributed by atoms with Gasteiger partial charge in [-0.25, -0.2) is 9.97 Å². The molecule has 0 bridgehead atoms. The average Bonchev–Trinajstić information content (AvgIpc) is 3.25. The van der Waals surface area contributed by atoms with Crippen molar-refractivity contribution in [1.29, 1.82) is 0 Å². The second-order valence-electron chi connectivity index (χ2n) is 6.49. The zero-order chi connectivity index (χ0) is 17.3. The summed E-state index contributed by atoms with van der Waals surface area (Å²) in [7, 11) is 0. The Hall–Kier alpha value is -1.89. The molecule has 1 amide bonds. The van der Waals surface area contributed by atoms with Gasteiger partial charge in [-0.15, -0.1) is 0 Å². The number of halogens is 1. The maximum Gasteiger partial charge on any atom is 0.308 e. The Morgan fingerprint density at radius 1 is 1.42 bits per heavy atom. The third kappa shape index (κ3) is 3.61. The molecule has 1 aliphatic heterocycles. The number of rotatable bonds is 6. The molecule has 130 valence electrons. The molecule has 8 heteroatoms. The van der Waals surface area contributed by atoms with Gasteiger partial charge in [0.15, 0.2) is 5.69 Å². The molecule has 0 spiro atoms. The Kier molecular flexibility index (Phi) is 4.89. The third-order valence-corrected chi connectivity index (χ3v) is 4.74. The van der Waals surface area contributed by atoms with Gasteiger partial charge in [-0.05, 0) is 25.7 Å². The van der Waals surface area contributed by atoms with Gasteiger partial charge >= 0.3 is 5.97 Å². The molecule has 1 N–H and O–H groups in total. The first-order chi connectivity index (χ1) is 11.5. The number of hydrogen-bond donors (Lipinski definition) is 1. The fraction of sp³-hybridized carbons (Fsp3) is 0.625. The first-order valence-electron chi connectivity index (χ1n) is 8.28. The number of anilines is 1. The predicted molar refractivity (Wildman–Crippen MR) is 89.3 cm³/mol. The van der Waals surface area contributed by atoms with Crippen molar-refractivity contribution in [2.75, 3.05) is 24.5 Å². The van der Waals surface area contributed by atoms with Crippen LogP contribution in [0, 0.1) is 5.92 Å². The Bertz CT molecular complexity index is 644. The molecule has 0 unspecified atom stereocenters. The van der Waals surface area contributed by atoms with Crippen LogP contribution in [0.2, 0.25) is 5.02 Å². The summed E-state index contributed by atoms with van der Waals surface area (Å²) in [5.74, 6) is -1.34. The van der Waals surface area contributed by atoms with Crippen molar-refractivity contribution in [2.45, 2.75) is 38.6 Å².